The molecule has 0 amide bonds. The van der Waals surface area contributed by atoms with Crippen molar-refractivity contribution in [1.29, 1.82) is 0 Å². The third-order valence-electron chi connectivity index (χ3n) is 6.22. The second kappa shape index (κ2) is 7.40. The average molecular weight is 384 g/mol. The Labute approximate surface area is 165 Å². The van der Waals surface area contributed by atoms with Crippen LogP contribution in [0.3, 0.4) is 0 Å². The van der Waals surface area contributed by atoms with Gasteiger partial charge in [0.05, 0.1) is 5.56 Å². The Balaban J connectivity index is 1.76. The van der Waals surface area contributed by atoms with Crippen molar-refractivity contribution in [2.45, 2.75) is 52.4 Å². The minimum atomic E-state index is -0.767. The topological polar surface area (TPSA) is 49.3 Å². The van der Waals surface area contributed by atoms with E-state index in [1.165, 1.54) is 23.3 Å². The maximum atomic E-state index is 12.2. The average Bonchev–Trinajstić information content (AvgIpc) is 3.00. The Morgan fingerprint density at radius 1 is 1.26 bits per heavy atom. The fourth-order valence-electron chi connectivity index (χ4n) is 4.65. The minimum Gasteiger partial charge on any atom is -0.478 e. The molecule has 0 saturated carbocycles. The van der Waals surface area contributed by atoms with Crippen molar-refractivity contribution in [3.05, 3.63) is 45.8 Å². The lowest BCUT2D eigenvalue weighted by Gasteiger charge is -2.29. The molecule has 4 rings (SSSR count). The summed E-state index contributed by atoms with van der Waals surface area (Å²) in [6, 6.07) is 8.48. The zero-order valence-electron chi connectivity index (χ0n) is 16.3. The third-order valence-corrected chi connectivity index (χ3v) is 7.54. The van der Waals surface area contributed by atoms with Crippen LogP contribution in [-0.4, -0.2) is 24.2 Å². The van der Waals surface area contributed by atoms with E-state index in [-0.39, 0.29) is 5.41 Å². The highest BCUT2D eigenvalue weighted by Gasteiger charge is 2.33. The van der Waals surface area contributed by atoms with Crippen molar-refractivity contribution in [3.63, 3.8) is 0 Å². The van der Waals surface area contributed by atoms with Gasteiger partial charge in [0.1, 0.15) is 0 Å². The Bertz CT molecular complexity index is 846. The molecule has 2 aliphatic rings. The lowest BCUT2D eigenvalue weighted by molar-refractivity contribution is 0.0696. The van der Waals surface area contributed by atoms with Crippen LogP contribution in [0.2, 0.25) is 0 Å². The quantitative estimate of drug-likeness (QED) is 0.766. The van der Waals surface area contributed by atoms with Gasteiger partial charge in [0, 0.05) is 9.75 Å². The number of nitrogens with one attached hydrogen (secondary N) is 1. The van der Waals surface area contributed by atoms with E-state index < -0.39 is 5.97 Å². The van der Waals surface area contributed by atoms with E-state index in [0.29, 0.717) is 11.5 Å². The first-order valence-electron chi connectivity index (χ1n) is 10.1. The molecule has 2 aromatic rings. The van der Waals surface area contributed by atoms with Gasteiger partial charge in [-0.2, -0.15) is 0 Å². The number of carbonyl (C=O) groups is 1. The molecule has 27 heavy (non-hydrogen) atoms. The van der Waals surface area contributed by atoms with Gasteiger partial charge in [-0.3, -0.25) is 0 Å². The molecule has 0 atom stereocenters. The Morgan fingerprint density at radius 2 is 2.00 bits per heavy atom. The van der Waals surface area contributed by atoms with Crippen LogP contribution < -0.4 is 5.32 Å². The Kier molecular flexibility index (Phi) is 5.13. The molecule has 1 aliphatic carbocycles. The number of fused-ring (bicyclic) bond motifs is 1. The smallest absolute Gasteiger partial charge is 0.337 e. The zero-order valence-corrected chi connectivity index (χ0v) is 17.1. The van der Waals surface area contributed by atoms with E-state index in [1.807, 2.05) is 0 Å². The van der Waals surface area contributed by atoms with E-state index in [2.05, 4.69) is 43.4 Å². The summed E-state index contributed by atoms with van der Waals surface area (Å²) in [5.74, 6) is -0.0777. The molecule has 1 fully saturated rings. The monoisotopic (exact) mass is 383 g/mol. The summed E-state index contributed by atoms with van der Waals surface area (Å²) in [4.78, 5) is 14.5. The first kappa shape index (κ1) is 18.7. The molecular weight excluding hydrogens is 354 g/mol. The number of piperidine rings is 1. The minimum absolute atomic E-state index is 0.185. The van der Waals surface area contributed by atoms with E-state index in [0.717, 1.165) is 54.8 Å². The normalized spacial score (nSPS) is 19.6. The molecule has 3 nitrogen and oxygen atoms in total. The van der Waals surface area contributed by atoms with Crippen LogP contribution in [0.25, 0.3) is 10.4 Å². The van der Waals surface area contributed by atoms with Crippen LogP contribution >= 0.6 is 11.3 Å². The predicted molar refractivity (Wildman–Crippen MR) is 112 cm³/mol. The summed E-state index contributed by atoms with van der Waals surface area (Å²) in [6.07, 6.45) is 6.46. The van der Waals surface area contributed by atoms with Gasteiger partial charge in [0.25, 0.3) is 0 Å². The Hall–Kier alpha value is -1.65. The summed E-state index contributed by atoms with van der Waals surface area (Å²) in [5.41, 5.74) is 4.30. The fourth-order valence-corrected chi connectivity index (χ4v) is 6.02. The van der Waals surface area contributed by atoms with Crippen LogP contribution in [0.15, 0.2) is 24.3 Å². The van der Waals surface area contributed by atoms with Crippen LogP contribution in [0, 0.1) is 11.3 Å². The van der Waals surface area contributed by atoms with Gasteiger partial charge in [-0.25, -0.2) is 4.79 Å². The van der Waals surface area contributed by atoms with Gasteiger partial charge < -0.3 is 10.4 Å². The second-order valence-corrected chi connectivity index (χ2v) is 10.0. The Morgan fingerprint density at radius 3 is 2.74 bits per heavy atom. The van der Waals surface area contributed by atoms with Gasteiger partial charge in [-0.05, 0) is 79.6 Å². The molecule has 144 valence electrons. The van der Waals surface area contributed by atoms with Crippen LogP contribution in [0.5, 0.6) is 0 Å². The van der Waals surface area contributed by atoms with Gasteiger partial charge >= 0.3 is 5.97 Å². The summed E-state index contributed by atoms with van der Waals surface area (Å²) >= 11 is 1.73. The summed E-state index contributed by atoms with van der Waals surface area (Å²) in [7, 11) is 0. The molecule has 0 bridgehead atoms. The van der Waals surface area contributed by atoms with Gasteiger partial charge in [0.15, 0.2) is 0 Å². The maximum absolute atomic E-state index is 12.2. The zero-order chi connectivity index (χ0) is 19.0. The lowest BCUT2D eigenvalue weighted by atomic mass is 9.75. The SMILES string of the molecule is CC1(C)CCc2sc(-c3ccccc3CC3CCNCC3)c(C(=O)O)c2C1. The molecule has 0 unspecified atom stereocenters. The van der Waals surface area contributed by atoms with Gasteiger partial charge in [0.2, 0.25) is 0 Å². The molecular formula is C23H29NO2S. The van der Waals surface area contributed by atoms with Crippen molar-refractivity contribution in [2.24, 2.45) is 11.3 Å². The van der Waals surface area contributed by atoms with Crippen LogP contribution in [-0.2, 0) is 19.3 Å². The van der Waals surface area contributed by atoms with Gasteiger partial charge in [-0.15, -0.1) is 11.3 Å². The molecule has 0 spiro atoms. The largest absolute Gasteiger partial charge is 0.478 e. The maximum Gasteiger partial charge on any atom is 0.337 e. The fraction of sp³-hybridized carbons (Fsp3) is 0.522. The molecule has 1 saturated heterocycles. The number of aryl methyl sites for hydroxylation is 1. The standard InChI is InChI=1S/C23H29NO2S/c1-23(2)10-7-19-18(14-23)20(22(25)26)21(27-19)17-6-4-3-5-16(17)13-15-8-11-24-12-9-15/h3-6,15,24H,7-14H2,1-2H3,(H,25,26). The van der Waals surface area contributed by atoms with Crippen LogP contribution in [0.1, 0.15) is 59.5 Å². The lowest BCUT2D eigenvalue weighted by Crippen LogP contribution is -2.28. The van der Waals surface area contributed by atoms with Crippen molar-refractivity contribution >= 4 is 17.3 Å². The summed E-state index contributed by atoms with van der Waals surface area (Å²) in [5, 5.41) is 13.5. The van der Waals surface area contributed by atoms with E-state index in [1.54, 1.807) is 11.3 Å². The molecule has 2 heterocycles. The highest BCUT2D eigenvalue weighted by molar-refractivity contribution is 7.16. The van der Waals surface area contributed by atoms with E-state index in [4.69, 9.17) is 0 Å². The highest BCUT2D eigenvalue weighted by atomic mass is 32.1. The summed E-state index contributed by atoms with van der Waals surface area (Å²) < 4.78 is 0. The first-order chi connectivity index (χ1) is 12.9. The molecule has 0 radical (unpaired) electrons. The molecule has 1 aromatic carbocycles. The van der Waals surface area contributed by atoms with Crippen molar-refractivity contribution in [3.8, 4) is 10.4 Å². The van der Waals surface area contributed by atoms with Gasteiger partial charge in [-0.1, -0.05) is 38.1 Å². The second-order valence-electron chi connectivity index (χ2n) is 8.91. The van der Waals surface area contributed by atoms with Crippen molar-refractivity contribution < 1.29 is 9.90 Å². The number of benzene rings is 1. The predicted octanol–water partition coefficient (Wildman–Crippen LogP) is 5.17. The summed E-state index contributed by atoms with van der Waals surface area (Å²) in [6.45, 7) is 6.69. The number of thiophene rings is 1. The first-order valence-corrected chi connectivity index (χ1v) is 10.9. The highest BCUT2D eigenvalue weighted by Crippen LogP contribution is 2.46. The number of rotatable bonds is 4. The number of carboxylic acids is 1. The van der Waals surface area contributed by atoms with Crippen molar-refractivity contribution in [2.75, 3.05) is 13.1 Å². The molecule has 2 N–H and O–H groups in total. The number of carboxylic acid groups (broad SMARTS) is 1. The van der Waals surface area contributed by atoms with Crippen LogP contribution in [0.4, 0.5) is 0 Å². The van der Waals surface area contributed by atoms with E-state index in [9.17, 15) is 9.90 Å². The number of hydrogen-bond donors (Lipinski definition) is 2. The molecule has 4 heteroatoms. The number of hydrogen-bond acceptors (Lipinski definition) is 3. The van der Waals surface area contributed by atoms with E-state index >= 15 is 0 Å². The molecule has 1 aliphatic heterocycles. The van der Waals surface area contributed by atoms with Crippen molar-refractivity contribution in [1.82, 2.24) is 5.32 Å². The number of aromatic carboxylic acids is 1. The molecule has 1 aromatic heterocycles. The third kappa shape index (κ3) is 3.83.